The van der Waals surface area contributed by atoms with Gasteiger partial charge in [-0.15, -0.1) is 11.3 Å². The second-order valence-electron chi connectivity index (χ2n) is 5.40. The number of aromatic nitrogens is 4. The molecule has 0 atom stereocenters. The van der Waals surface area contributed by atoms with Gasteiger partial charge in [0.1, 0.15) is 11.0 Å². The Balaban J connectivity index is 1.87. The minimum absolute atomic E-state index is 0.207. The molecule has 0 saturated carbocycles. The number of thiophene rings is 1. The molecule has 0 radical (unpaired) electrons. The second-order valence-corrected chi connectivity index (χ2v) is 8.33. The lowest BCUT2D eigenvalue weighted by Crippen LogP contribution is -2.04. The molecule has 4 rings (SSSR count). The van der Waals surface area contributed by atoms with Gasteiger partial charge in [0, 0.05) is 6.26 Å². The number of nitrogens with one attached hydrogen (secondary N) is 2. The summed E-state index contributed by atoms with van der Waals surface area (Å²) in [5.74, 6) is 1.03. The van der Waals surface area contributed by atoms with Gasteiger partial charge in [0.25, 0.3) is 0 Å². The largest absolute Gasteiger partial charge is 0.337 e. The fourth-order valence-corrected chi connectivity index (χ4v) is 3.97. The average Bonchev–Trinajstić information content (AvgIpc) is 3.26. The molecule has 9 heteroatoms. The Morgan fingerprint density at radius 1 is 1.12 bits per heavy atom. The molecule has 0 amide bonds. The van der Waals surface area contributed by atoms with Crippen molar-refractivity contribution in [2.75, 3.05) is 11.6 Å². The molecule has 0 aliphatic carbocycles. The minimum atomic E-state index is -3.38. The van der Waals surface area contributed by atoms with Crippen LogP contribution in [-0.2, 0) is 9.84 Å². The lowest BCUT2D eigenvalue weighted by atomic mass is 10.3. The van der Waals surface area contributed by atoms with Crippen molar-refractivity contribution in [2.45, 2.75) is 4.90 Å². The van der Waals surface area contributed by atoms with Crippen LogP contribution in [0.2, 0.25) is 0 Å². The van der Waals surface area contributed by atoms with E-state index in [9.17, 15) is 8.42 Å². The van der Waals surface area contributed by atoms with Crippen LogP contribution in [0.1, 0.15) is 0 Å². The van der Waals surface area contributed by atoms with Gasteiger partial charge in [-0.25, -0.2) is 18.4 Å². The van der Waals surface area contributed by atoms with E-state index in [1.54, 1.807) is 30.5 Å². The highest BCUT2D eigenvalue weighted by Crippen LogP contribution is 2.30. The van der Waals surface area contributed by atoms with Crippen LogP contribution in [0.3, 0.4) is 0 Å². The number of benzene rings is 1. The molecule has 0 spiro atoms. The highest BCUT2D eigenvalue weighted by Gasteiger charge is 2.16. The van der Waals surface area contributed by atoms with Crippen LogP contribution in [-0.4, -0.2) is 34.8 Å². The fourth-order valence-electron chi connectivity index (χ4n) is 2.47. The predicted octanol–water partition coefficient (Wildman–Crippen LogP) is 3.23. The molecule has 126 valence electrons. The van der Waals surface area contributed by atoms with Crippen LogP contribution in [0.5, 0.6) is 0 Å². The molecule has 0 saturated heterocycles. The Morgan fingerprint density at radius 2 is 1.96 bits per heavy atom. The summed E-state index contributed by atoms with van der Waals surface area (Å²) in [6.45, 7) is 0. The van der Waals surface area contributed by atoms with Crippen LogP contribution in [0.25, 0.3) is 21.7 Å². The zero-order chi connectivity index (χ0) is 17.4. The molecule has 4 aromatic rings. The quantitative estimate of drug-likeness (QED) is 0.571. The maximum absolute atomic E-state index is 12.0. The van der Waals surface area contributed by atoms with Crippen molar-refractivity contribution in [3.05, 3.63) is 48.0 Å². The first-order valence-electron chi connectivity index (χ1n) is 7.33. The summed E-state index contributed by atoms with van der Waals surface area (Å²) >= 11 is 1.53. The van der Waals surface area contributed by atoms with Crippen LogP contribution in [0, 0.1) is 0 Å². The molecule has 7 nitrogen and oxygen atoms in total. The predicted molar refractivity (Wildman–Crippen MR) is 97.8 cm³/mol. The SMILES string of the molecule is CS(=O)(=O)c1ccccc1Nc1nc(-c2cccs2)nc2cn[nH]c12. The molecule has 2 N–H and O–H groups in total. The first-order valence-corrected chi connectivity index (χ1v) is 10.1. The third kappa shape index (κ3) is 2.99. The van der Waals surface area contributed by atoms with Crippen LogP contribution in [0.15, 0.2) is 52.9 Å². The van der Waals surface area contributed by atoms with Crippen molar-refractivity contribution in [1.82, 2.24) is 20.2 Å². The van der Waals surface area contributed by atoms with Gasteiger partial charge >= 0.3 is 0 Å². The standard InChI is InChI=1S/C16H13N5O2S2/c1-25(22,23)13-7-3-2-5-10(13)18-16-14-11(9-17-21-14)19-15(20-16)12-6-4-8-24-12/h2-9H,1H3,(H,17,21)(H,18,19,20). The summed E-state index contributed by atoms with van der Waals surface area (Å²) in [7, 11) is -3.38. The number of hydrogen-bond donors (Lipinski definition) is 2. The summed E-state index contributed by atoms with van der Waals surface area (Å²) in [6, 6.07) is 10.6. The van der Waals surface area contributed by atoms with Crippen LogP contribution < -0.4 is 5.32 Å². The van der Waals surface area contributed by atoms with Gasteiger partial charge in [-0.3, -0.25) is 5.10 Å². The van der Waals surface area contributed by atoms with Gasteiger partial charge in [-0.05, 0) is 23.6 Å². The van der Waals surface area contributed by atoms with E-state index < -0.39 is 9.84 Å². The van der Waals surface area contributed by atoms with E-state index in [4.69, 9.17) is 0 Å². The summed E-state index contributed by atoms with van der Waals surface area (Å²) < 4.78 is 24.0. The van der Waals surface area contributed by atoms with Crippen molar-refractivity contribution >= 4 is 43.7 Å². The number of nitrogens with zero attached hydrogens (tertiary/aromatic N) is 3. The number of H-pyrrole nitrogens is 1. The highest BCUT2D eigenvalue weighted by atomic mass is 32.2. The summed E-state index contributed by atoms with van der Waals surface area (Å²) in [5.41, 5.74) is 1.72. The molecular weight excluding hydrogens is 358 g/mol. The Hall–Kier alpha value is -2.78. The third-order valence-corrected chi connectivity index (χ3v) is 5.60. The number of sulfone groups is 1. The third-order valence-electron chi connectivity index (χ3n) is 3.58. The smallest absolute Gasteiger partial charge is 0.177 e. The lowest BCUT2D eigenvalue weighted by Gasteiger charge is -2.11. The van der Waals surface area contributed by atoms with Gasteiger partial charge in [0.05, 0.1) is 21.7 Å². The number of aromatic amines is 1. The molecule has 1 aromatic carbocycles. The van der Waals surface area contributed by atoms with E-state index >= 15 is 0 Å². The first-order chi connectivity index (χ1) is 12.0. The Morgan fingerprint density at radius 3 is 2.72 bits per heavy atom. The molecule has 0 fully saturated rings. The lowest BCUT2D eigenvalue weighted by molar-refractivity contribution is 0.602. The van der Waals surface area contributed by atoms with Crippen molar-refractivity contribution in [2.24, 2.45) is 0 Å². The van der Waals surface area contributed by atoms with E-state index in [0.29, 0.717) is 28.4 Å². The van der Waals surface area contributed by atoms with E-state index in [1.165, 1.54) is 17.6 Å². The topological polar surface area (TPSA) is 101 Å². The number of hydrogen-bond acceptors (Lipinski definition) is 7. The van der Waals surface area contributed by atoms with Crippen LogP contribution in [0.4, 0.5) is 11.5 Å². The molecule has 0 aliphatic rings. The minimum Gasteiger partial charge on any atom is -0.337 e. The second kappa shape index (κ2) is 5.94. The summed E-state index contributed by atoms with van der Waals surface area (Å²) in [4.78, 5) is 10.2. The van der Waals surface area contributed by atoms with E-state index in [2.05, 4.69) is 25.5 Å². The summed E-state index contributed by atoms with van der Waals surface area (Å²) in [5, 5.41) is 11.9. The monoisotopic (exact) mass is 371 g/mol. The van der Waals surface area contributed by atoms with E-state index in [0.717, 1.165) is 4.88 Å². The van der Waals surface area contributed by atoms with Gasteiger partial charge < -0.3 is 5.32 Å². The van der Waals surface area contributed by atoms with Crippen molar-refractivity contribution in [3.8, 4) is 10.7 Å². The maximum atomic E-state index is 12.0. The van der Waals surface area contributed by atoms with Crippen molar-refractivity contribution in [1.29, 1.82) is 0 Å². The van der Waals surface area contributed by atoms with E-state index in [1.807, 2.05) is 17.5 Å². The Bertz CT molecular complexity index is 1150. The zero-order valence-electron chi connectivity index (χ0n) is 13.1. The Labute approximate surface area is 147 Å². The molecule has 3 heterocycles. The van der Waals surface area contributed by atoms with Gasteiger partial charge in [-0.1, -0.05) is 18.2 Å². The molecular formula is C16H13N5O2S2. The van der Waals surface area contributed by atoms with Crippen molar-refractivity contribution < 1.29 is 8.42 Å². The first kappa shape index (κ1) is 15.7. The zero-order valence-corrected chi connectivity index (χ0v) is 14.7. The fraction of sp³-hybridized carbons (Fsp3) is 0.0625. The molecule has 0 aliphatic heterocycles. The normalized spacial score (nSPS) is 11.7. The van der Waals surface area contributed by atoms with Gasteiger partial charge in [0.15, 0.2) is 21.5 Å². The highest BCUT2D eigenvalue weighted by molar-refractivity contribution is 7.90. The average molecular weight is 371 g/mol. The molecule has 25 heavy (non-hydrogen) atoms. The molecule has 0 bridgehead atoms. The molecule has 3 aromatic heterocycles. The Kier molecular flexibility index (Phi) is 3.74. The number of anilines is 2. The number of fused-ring (bicyclic) bond motifs is 1. The number of para-hydroxylation sites is 1. The number of rotatable bonds is 4. The molecule has 0 unspecified atom stereocenters. The van der Waals surface area contributed by atoms with Gasteiger partial charge in [0.2, 0.25) is 0 Å². The van der Waals surface area contributed by atoms with Crippen LogP contribution >= 0.6 is 11.3 Å². The maximum Gasteiger partial charge on any atom is 0.177 e. The summed E-state index contributed by atoms with van der Waals surface area (Å²) in [6.07, 6.45) is 2.79. The van der Waals surface area contributed by atoms with Gasteiger partial charge in [-0.2, -0.15) is 5.10 Å². The van der Waals surface area contributed by atoms with E-state index in [-0.39, 0.29) is 4.90 Å². The van der Waals surface area contributed by atoms with Crippen molar-refractivity contribution in [3.63, 3.8) is 0 Å².